The lowest BCUT2D eigenvalue weighted by Gasteiger charge is -2.24. The van der Waals surface area contributed by atoms with Gasteiger partial charge in [-0.3, -0.25) is 0 Å². The lowest BCUT2D eigenvalue weighted by atomic mass is 9.88. The molecule has 34 heavy (non-hydrogen) atoms. The summed E-state index contributed by atoms with van der Waals surface area (Å²) in [5.41, 5.74) is 7.89. The van der Waals surface area contributed by atoms with E-state index in [9.17, 15) is 0 Å². The van der Waals surface area contributed by atoms with Crippen molar-refractivity contribution in [2.75, 3.05) is 0 Å². The summed E-state index contributed by atoms with van der Waals surface area (Å²) < 4.78 is 15.7. The molecule has 0 spiro atoms. The first-order chi connectivity index (χ1) is 16.5. The van der Waals surface area contributed by atoms with Gasteiger partial charge in [0.25, 0.3) is 0 Å². The molecule has 3 nitrogen and oxygen atoms in total. The minimum atomic E-state index is 0.376. The number of fused-ring (bicyclic) bond motifs is 7. The van der Waals surface area contributed by atoms with E-state index in [0.29, 0.717) is 5.92 Å². The third kappa shape index (κ3) is 2.34. The van der Waals surface area contributed by atoms with E-state index < -0.39 is 0 Å². The number of ether oxygens (including phenoxy) is 1. The van der Waals surface area contributed by atoms with Gasteiger partial charge in [-0.15, -0.1) is 0 Å². The Hall–Kier alpha value is -3.85. The summed E-state index contributed by atoms with van der Waals surface area (Å²) in [7, 11) is 2.13. The van der Waals surface area contributed by atoms with Crippen LogP contribution in [0.4, 0.5) is 0 Å². The normalized spacial score (nSPS) is 12.8. The van der Waals surface area contributed by atoms with Crippen molar-refractivity contribution in [2.24, 2.45) is 7.05 Å². The molecule has 1 aliphatic rings. The van der Waals surface area contributed by atoms with Crippen molar-refractivity contribution in [1.29, 1.82) is 0 Å². The molecule has 1 aliphatic heterocycles. The molecule has 3 heteroatoms. The van der Waals surface area contributed by atoms with Crippen molar-refractivity contribution in [3.05, 3.63) is 77.5 Å². The van der Waals surface area contributed by atoms with Gasteiger partial charge in [-0.05, 0) is 47.7 Å². The van der Waals surface area contributed by atoms with Gasteiger partial charge in [0.15, 0.2) is 11.9 Å². The van der Waals surface area contributed by atoms with Crippen molar-refractivity contribution < 1.29 is 13.7 Å². The van der Waals surface area contributed by atoms with Gasteiger partial charge in [0.1, 0.15) is 24.0 Å². The van der Waals surface area contributed by atoms with Gasteiger partial charge >= 0.3 is 0 Å². The minimum absolute atomic E-state index is 0.376. The standard InChI is InChI=1S/C31H26NO2/c1-16(2)20-11-8-12-23-27-24(33-30(20)23)15-19-13-14-32(5)28-25-17(3)21-9-6-7-10-22(21)18(4)29(25)34-31(27)26(19)28/h6-16H,1-5H3/q+1. The number of pyridine rings is 1. The molecule has 6 aromatic rings. The van der Waals surface area contributed by atoms with Crippen LogP contribution in [0.3, 0.4) is 0 Å². The predicted octanol–water partition coefficient (Wildman–Crippen LogP) is 8.23. The fraction of sp³-hybridized carbons (Fsp3) is 0.194. The van der Waals surface area contributed by atoms with Gasteiger partial charge in [0.05, 0.1) is 16.3 Å². The molecule has 166 valence electrons. The summed E-state index contributed by atoms with van der Waals surface area (Å²) >= 11 is 0. The van der Waals surface area contributed by atoms with Crippen LogP contribution in [0.5, 0.6) is 11.5 Å². The monoisotopic (exact) mass is 444 g/mol. The first-order valence-corrected chi connectivity index (χ1v) is 12.0. The average Bonchev–Trinajstić information content (AvgIpc) is 3.22. The molecule has 0 amide bonds. The van der Waals surface area contributed by atoms with E-state index in [0.717, 1.165) is 44.2 Å². The van der Waals surface area contributed by atoms with Gasteiger partial charge in [-0.1, -0.05) is 56.3 Å². The largest absolute Gasteiger partial charge is 0.456 e. The zero-order valence-electron chi connectivity index (χ0n) is 20.1. The molecular weight excluding hydrogens is 418 g/mol. The second-order valence-corrected chi connectivity index (χ2v) is 9.90. The molecule has 7 rings (SSSR count). The number of hydrogen-bond donors (Lipinski definition) is 0. The fourth-order valence-electron chi connectivity index (χ4n) is 5.91. The Morgan fingerprint density at radius 1 is 0.794 bits per heavy atom. The maximum atomic E-state index is 6.93. The molecule has 0 bridgehead atoms. The molecule has 0 radical (unpaired) electrons. The van der Waals surface area contributed by atoms with Crippen molar-refractivity contribution in [2.45, 2.75) is 33.6 Å². The quantitative estimate of drug-likeness (QED) is 0.238. The maximum absolute atomic E-state index is 6.93. The Morgan fingerprint density at radius 2 is 1.53 bits per heavy atom. The van der Waals surface area contributed by atoms with E-state index in [1.165, 1.54) is 38.7 Å². The van der Waals surface area contributed by atoms with Crippen LogP contribution in [0.1, 0.15) is 36.5 Å². The summed E-state index contributed by atoms with van der Waals surface area (Å²) in [4.78, 5) is 0. The van der Waals surface area contributed by atoms with Crippen LogP contribution in [0.2, 0.25) is 0 Å². The summed E-state index contributed by atoms with van der Waals surface area (Å²) in [6, 6.07) is 19.4. The second-order valence-electron chi connectivity index (χ2n) is 9.90. The lowest BCUT2D eigenvalue weighted by molar-refractivity contribution is -0.659. The molecule has 0 atom stereocenters. The zero-order chi connectivity index (χ0) is 23.3. The van der Waals surface area contributed by atoms with Crippen LogP contribution in [0, 0.1) is 13.8 Å². The highest BCUT2D eigenvalue weighted by Crippen LogP contribution is 2.54. The topological polar surface area (TPSA) is 26.2 Å². The van der Waals surface area contributed by atoms with Gasteiger partial charge in [0.2, 0.25) is 5.69 Å². The number of rotatable bonds is 1. The Kier molecular flexibility index (Phi) is 3.81. The van der Waals surface area contributed by atoms with E-state index in [1.54, 1.807) is 0 Å². The lowest BCUT2D eigenvalue weighted by Crippen LogP contribution is -2.32. The van der Waals surface area contributed by atoms with Gasteiger partial charge in [0, 0.05) is 22.4 Å². The maximum Gasteiger partial charge on any atom is 0.228 e. The Labute approximate surface area is 198 Å². The number of aryl methyl sites for hydroxylation is 3. The summed E-state index contributed by atoms with van der Waals surface area (Å²) in [5.74, 6) is 2.23. The van der Waals surface area contributed by atoms with E-state index in [4.69, 9.17) is 9.15 Å². The molecule has 2 aromatic heterocycles. The highest BCUT2D eigenvalue weighted by atomic mass is 16.5. The molecule has 0 aliphatic carbocycles. The zero-order valence-corrected chi connectivity index (χ0v) is 20.1. The molecular formula is C31H26NO2+. The third-order valence-electron chi connectivity index (χ3n) is 7.61. The predicted molar refractivity (Wildman–Crippen MR) is 139 cm³/mol. The molecule has 4 aromatic carbocycles. The summed E-state index contributed by atoms with van der Waals surface area (Å²) in [6.45, 7) is 8.82. The van der Waals surface area contributed by atoms with Crippen molar-refractivity contribution in [1.82, 2.24) is 0 Å². The number of para-hydroxylation sites is 1. The Morgan fingerprint density at radius 3 is 2.29 bits per heavy atom. The van der Waals surface area contributed by atoms with Gasteiger partial charge < -0.3 is 9.15 Å². The van der Waals surface area contributed by atoms with Crippen LogP contribution < -0.4 is 9.30 Å². The van der Waals surface area contributed by atoms with Crippen LogP contribution in [-0.2, 0) is 7.05 Å². The van der Waals surface area contributed by atoms with Crippen molar-refractivity contribution in [3.8, 4) is 22.8 Å². The SMILES string of the molecule is Cc1c2c(c(C)c3ccccc13)-c1c3c(c4c(cc3cc[n+]1C)oc1c(C(C)C)cccc14)O2. The highest BCUT2D eigenvalue weighted by molar-refractivity contribution is 6.19. The summed E-state index contributed by atoms with van der Waals surface area (Å²) in [6.07, 6.45) is 2.15. The van der Waals surface area contributed by atoms with Crippen LogP contribution in [0.25, 0.3) is 54.7 Å². The molecule has 0 saturated carbocycles. The van der Waals surface area contributed by atoms with E-state index in [-0.39, 0.29) is 0 Å². The van der Waals surface area contributed by atoms with Gasteiger partial charge in [-0.25, -0.2) is 4.57 Å². The third-order valence-corrected chi connectivity index (χ3v) is 7.61. The van der Waals surface area contributed by atoms with E-state index >= 15 is 0 Å². The first kappa shape index (κ1) is 19.6. The van der Waals surface area contributed by atoms with Crippen molar-refractivity contribution in [3.63, 3.8) is 0 Å². The molecule has 3 heterocycles. The fourth-order valence-corrected chi connectivity index (χ4v) is 5.91. The van der Waals surface area contributed by atoms with Gasteiger partial charge in [-0.2, -0.15) is 0 Å². The molecule has 0 fully saturated rings. The first-order valence-electron chi connectivity index (χ1n) is 12.0. The molecule has 0 saturated heterocycles. The highest BCUT2D eigenvalue weighted by Gasteiger charge is 2.34. The number of hydrogen-bond acceptors (Lipinski definition) is 2. The van der Waals surface area contributed by atoms with Crippen LogP contribution in [-0.4, -0.2) is 0 Å². The van der Waals surface area contributed by atoms with Crippen LogP contribution >= 0.6 is 0 Å². The number of nitrogens with zero attached hydrogens (tertiary/aromatic N) is 1. The summed E-state index contributed by atoms with van der Waals surface area (Å²) in [5, 5.41) is 6.99. The Balaban J connectivity index is 1.72. The van der Waals surface area contributed by atoms with E-state index in [2.05, 4.69) is 100 Å². The number of furan rings is 1. The minimum Gasteiger partial charge on any atom is -0.456 e. The number of benzene rings is 4. The smallest absolute Gasteiger partial charge is 0.228 e. The number of aromatic nitrogens is 1. The van der Waals surface area contributed by atoms with Crippen molar-refractivity contribution >= 4 is 43.5 Å². The average molecular weight is 445 g/mol. The van der Waals surface area contributed by atoms with Crippen LogP contribution in [0.15, 0.2) is 65.2 Å². The second kappa shape index (κ2) is 6.60. The Bertz CT molecular complexity index is 1840. The molecule has 0 N–H and O–H groups in total. The van der Waals surface area contributed by atoms with E-state index in [1.807, 2.05) is 0 Å². The molecule has 0 unspecified atom stereocenters.